The molecule has 2 aliphatic heterocycles. The van der Waals surface area contributed by atoms with Crippen molar-refractivity contribution in [1.82, 2.24) is 4.90 Å². The third-order valence-electron chi connectivity index (χ3n) is 5.77. The van der Waals surface area contributed by atoms with Crippen molar-refractivity contribution in [1.29, 1.82) is 0 Å². The van der Waals surface area contributed by atoms with Crippen molar-refractivity contribution in [3.8, 4) is 0 Å². The fourth-order valence-corrected chi connectivity index (χ4v) is 4.53. The van der Waals surface area contributed by atoms with Crippen LogP contribution in [0.2, 0.25) is 0 Å². The molecule has 2 heterocycles. The van der Waals surface area contributed by atoms with Gasteiger partial charge in [0.15, 0.2) is 12.5 Å². The summed E-state index contributed by atoms with van der Waals surface area (Å²) in [5, 5.41) is 60.9. The summed E-state index contributed by atoms with van der Waals surface area (Å²) in [6.07, 6.45) is -11.6. The number of aliphatic hydroxyl groups is 6. The highest BCUT2D eigenvalue weighted by atomic mass is 32.2. The first-order chi connectivity index (χ1) is 15.2. The Morgan fingerprint density at radius 3 is 2.22 bits per heavy atom. The molecule has 0 bridgehead atoms. The maximum absolute atomic E-state index is 12.2. The molecular weight excluding hydrogens is 448 g/mol. The molecule has 12 nitrogen and oxygen atoms in total. The van der Waals surface area contributed by atoms with Crippen LogP contribution < -0.4 is 5.73 Å². The predicted octanol–water partition coefficient (Wildman–Crippen LogP) is -3.57. The van der Waals surface area contributed by atoms with Gasteiger partial charge in [0.25, 0.3) is 0 Å². The Kier molecular flexibility index (Phi) is 11.0. The van der Waals surface area contributed by atoms with E-state index in [2.05, 4.69) is 0 Å². The van der Waals surface area contributed by atoms with Crippen molar-refractivity contribution < 1.29 is 49.6 Å². The quantitative estimate of drug-likeness (QED) is 0.151. The van der Waals surface area contributed by atoms with Crippen molar-refractivity contribution >= 4 is 17.7 Å². The van der Waals surface area contributed by atoms with Crippen molar-refractivity contribution in [3.05, 3.63) is 0 Å². The third-order valence-corrected chi connectivity index (χ3v) is 6.76. The van der Waals surface area contributed by atoms with Gasteiger partial charge in [-0.3, -0.25) is 4.79 Å². The largest absolute Gasteiger partial charge is 0.394 e. The summed E-state index contributed by atoms with van der Waals surface area (Å²) in [5.74, 6) is 0.117. The van der Waals surface area contributed by atoms with Crippen molar-refractivity contribution in [2.45, 2.75) is 69.1 Å². The number of carbonyl (C=O) groups is 1. The van der Waals surface area contributed by atoms with Gasteiger partial charge >= 0.3 is 0 Å². The lowest BCUT2D eigenvalue weighted by Crippen LogP contribution is -2.66. The molecule has 8 N–H and O–H groups in total. The minimum absolute atomic E-state index is 0.239. The molecule has 0 radical (unpaired) electrons. The highest BCUT2D eigenvalue weighted by Gasteiger charge is 2.51. The van der Waals surface area contributed by atoms with Crippen LogP contribution in [-0.2, 0) is 19.0 Å². The Balaban J connectivity index is 2.13. The molecule has 0 aromatic rings. The van der Waals surface area contributed by atoms with E-state index in [1.54, 1.807) is 6.92 Å². The van der Waals surface area contributed by atoms with Gasteiger partial charge in [0.1, 0.15) is 36.6 Å². The van der Waals surface area contributed by atoms with Crippen LogP contribution in [0, 0.1) is 5.92 Å². The van der Waals surface area contributed by atoms with E-state index < -0.39 is 74.4 Å². The lowest BCUT2D eigenvalue weighted by molar-refractivity contribution is -0.338. The Labute approximate surface area is 191 Å². The molecule has 10 atom stereocenters. The lowest BCUT2D eigenvalue weighted by atomic mass is 9.92. The first-order valence-corrected chi connectivity index (χ1v) is 11.8. The number of nitrogens with zero attached hydrogens (tertiary/aromatic N) is 1. The zero-order valence-electron chi connectivity index (χ0n) is 18.3. The number of ether oxygens (including phenoxy) is 3. The number of thioether (sulfide) groups is 1. The summed E-state index contributed by atoms with van der Waals surface area (Å²) in [4.78, 5) is 13.4. The summed E-state index contributed by atoms with van der Waals surface area (Å²) in [6, 6.07) is 0. The van der Waals surface area contributed by atoms with E-state index in [9.17, 15) is 35.4 Å². The second-order valence-electron chi connectivity index (χ2n) is 8.01. The molecule has 0 aliphatic carbocycles. The highest BCUT2D eigenvalue weighted by Crippen LogP contribution is 2.32. The molecule has 2 saturated heterocycles. The number of amides is 1. The summed E-state index contributed by atoms with van der Waals surface area (Å²) in [5.41, 5.74) is 5.47. The van der Waals surface area contributed by atoms with Gasteiger partial charge in [0.2, 0.25) is 5.91 Å². The topological polar surface area (TPSA) is 195 Å². The van der Waals surface area contributed by atoms with Crippen molar-refractivity contribution in [3.63, 3.8) is 0 Å². The number of nitrogens with two attached hydrogens (primary N) is 1. The molecule has 2 aliphatic rings. The molecule has 13 heteroatoms. The molecule has 0 aromatic heterocycles. The van der Waals surface area contributed by atoms with E-state index in [1.165, 1.54) is 23.6 Å². The van der Waals surface area contributed by atoms with Crippen molar-refractivity contribution in [2.24, 2.45) is 11.7 Å². The van der Waals surface area contributed by atoms with E-state index in [0.717, 1.165) is 0 Å². The molecule has 0 spiro atoms. The maximum atomic E-state index is 12.2. The minimum atomic E-state index is -1.56. The number of hydrogen-bond donors (Lipinski definition) is 7. The van der Waals surface area contributed by atoms with E-state index in [4.69, 9.17) is 19.9 Å². The van der Waals surface area contributed by atoms with Gasteiger partial charge in [-0.25, -0.2) is 0 Å². The molecule has 2 fully saturated rings. The van der Waals surface area contributed by atoms with Crippen LogP contribution in [0.5, 0.6) is 0 Å². The van der Waals surface area contributed by atoms with Gasteiger partial charge in [-0.2, -0.15) is 11.8 Å². The van der Waals surface area contributed by atoms with Crippen LogP contribution in [0.4, 0.5) is 0 Å². The summed E-state index contributed by atoms with van der Waals surface area (Å²) >= 11 is 1.52. The van der Waals surface area contributed by atoms with Crippen LogP contribution in [0.25, 0.3) is 0 Å². The first-order valence-electron chi connectivity index (χ1n) is 10.6. The zero-order chi connectivity index (χ0) is 24.0. The average Bonchev–Trinajstić information content (AvgIpc) is 2.77. The van der Waals surface area contributed by atoms with Gasteiger partial charge in [0.05, 0.1) is 19.3 Å². The second kappa shape index (κ2) is 12.8. The first kappa shape index (κ1) is 27.7. The number of rotatable bonds is 10. The maximum Gasteiger partial charge on any atom is 0.221 e. The van der Waals surface area contributed by atoms with Crippen LogP contribution in [0.3, 0.4) is 0 Å². The van der Waals surface area contributed by atoms with Gasteiger partial charge in [-0.15, -0.1) is 0 Å². The third kappa shape index (κ3) is 6.30. The number of hydrogen-bond acceptors (Lipinski definition) is 12. The smallest absolute Gasteiger partial charge is 0.221 e. The Hall–Kier alpha value is -0.580. The van der Waals surface area contributed by atoms with Gasteiger partial charge in [-0.05, 0) is 0 Å². The molecule has 188 valence electrons. The standard InChI is InChI=1S/C19H36N2O10S/c1-9-13(25)14(26)11(7-22)30-19(9)31-17-12(8-23)29-18(16(28)15(17)27)21(10(2)24)4-6-32-5-3-20/h9,11-19,22-23,25-28H,3-8,20H2,1-2H3. The lowest BCUT2D eigenvalue weighted by Gasteiger charge is -2.48. The fourth-order valence-electron chi connectivity index (χ4n) is 3.84. The molecular formula is C19H36N2O10S. The van der Waals surface area contributed by atoms with Crippen molar-refractivity contribution in [2.75, 3.05) is 37.8 Å². The summed E-state index contributed by atoms with van der Waals surface area (Å²) in [7, 11) is 0. The van der Waals surface area contributed by atoms with Crippen LogP contribution in [-0.4, -0.2) is 135 Å². The monoisotopic (exact) mass is 484 g/mol. The summed E-state index contributed by atoms with van der Waals surface area (Å²) in [6.45, 7) is 2.43. The van der Waals surface area contributed by atoms with Gasteiger partial charge in [0, 0.05) is 37.4 Å². The van der Waals surface area contributed by atoms with E-state index in [1.807, 2.05) is 0 Å². The molecule has 2 rings (SSSR count). The van der Waals surface area contributed by atoms with E-state index in [-0.39, 0.29) is 12.5 Å². The molecule has 32 heavy (non-hydrogen) atoms. The average molecular weight is 485 g/mol. The molecule has 0 saturated carbocycles. The predicted molar refractivity (Wildman–Crippen MR) is 113 cm³/mol. The Bertz CT molecular complexity index is 586. The SMILES string of the molecule is CC(=O)N(CCSCCN)C1OC(CO)C(OC2OC(CO)C(O)C(O)C2C)C(O)C1O. The van der Waals surface area contributed by atoms with Gasteiger partial charge < -0.3 is 55.5 Å². The van der Waals surface area contributed by atoms with Crippen LogP contribution in [0.15, 0.2) is 0 Å². The number of aliphatic hydroxyl groups excluding tert-OH is 6. The highest BCUT2D eigenvalue weighted by molar-refractivity contribution is 7.99. The van der Waals surface area contributed by atoms with E-state index in [0.29, 0.717) is 18.1 Å². The Morgan fingerprint density at radius 1 is 1.00 bits per heavy atom. The second-order valence-corrected chi connectivity index (χ2v) is 9.23. The Morgan fingerprint density at radius 2 is 1.66 bits per heavy atom. The number of carbonyl (C=O) groups excluding carboxylic acids is 1. The summed E-state index contributed by atoms with van der Waals surface area (Å²) < 4.78 is 17.0. The van der Waals surface area contributed by atoms with Crippen LogP contribution >= 0.6 is 11.8 Å². The van der Waals surface area contributed by atoms with E-state index >= 15 is 0 Å². The molecule has 0 aromatic carbocycles. The normalized spacial score (nSPS) is 40.3. The zero-order valence-corrected chi connectivity index (χ0v) is 19.1. The molecule has 1 amide bonds. The van der Waals surface area contributed by atoms with Gasteiger partial charge in [-0.1, -0.05) is 6.92 Å². The minimum Gasteiger partial charge on any atom is -0.394 e. The fraction of sp³-hybridized carbons (Fsp3) is 0.947. The van der Waals surface area contributed by atoms with Crippen LogP contribution in [0.1, 0.15) is 13.8 Å². The molecule has 10 unspecified atom stereocenters.